The van der Waals surface area contributed by atoms with Crippen LogP contribution in [0, 0.1) is 11.8 Å². The molecule has 52 valence electrons. The second kappa shape index (κ2) is 2.53. The van der Waals surface area contributed by atoms with Crippen LogP contribution < -0.4 is 0 Å². The van der Waals surface area contributed by atoms with Gasteiger partial charge >= 0.3 is 0 Å². The monoisotopic (exact) mass is 142 g/mol. The predicted octanol–water partition coefficient (Wildman–Crippen LogP) is 2.54. The zero-order valence-electron chi connectivity index (χ0n) is 5.81. The summed E-state index contributed by atoms with van der Waals surface area (Å²) < 4.78 is 0. The molecule has 0 radical (unpaired) electrons. The summed E-state index contributed by atoms with van der Waals surface area (Å²) >= 11 is 2.18. The normalized spacial score (nSPS) is 42.7. The van der Waals surface area contributed by atoms with Crippen LogP contribution in [0.3, 0.4) is 0 Å². The van der Waals surface area contributed by atoms with E-state index in [1.165, 1.54) is 37.2 Å². The summed E-state index contributed by atoms with van der Waals surface area (Å²) in [7, 11) is 0. The van der Waals surface area contributed by atoms with Crippen LogP contribution in [0.2, 0.25) is 0 Å². The van der Waals surface area contributed by atoms with Crippen molar-refractivity contribution in [3.05, 3.63) is 0 Å². The maximum Gasteiger partial charge on any atom is -0.00361 e. The highest BCUT2D eigenvalue weighted by Crippen LogP contribution is 2.39. The standard InChI is InChI=1S/C8H14S/c1-2-4-8-6-9-5-7(8)3-1/h7-8H,1-6H2/t7-,8-/m1/s1. The van der Waals surface area contributed by atoms with Crippen LogP contribution >= 0.6 is 11.8 Å². The molecule has 0 aromatic heterocycles. The fraction of sp³-hybridized carbons (Fsp3) is 1.00. The van der Waals surface area contributed by atoms with Crippen LogP contribution in [-0.2, 0) is 0 Å². The molecule has 2 fully saturated rings. The fourth-order valence-electron chi connectivity index (χ4n) is 2.09. The Kier molecular flexibility index (Phi) is 1.71. The smallest absolute Gasteiger partial charge is 0.00361 e. The van der Waals surface area contributed by atoms with Crippen molar-refractivity contribution in [3.8, 4) is 0 Å². The minimum Gasteiger partial charge on any atom is -0.161 e. The molecule has 2 rings (SSSR count). The fourth-order valence-corrected chi connectivity index (χ4v) is 3.71. The van der Waals surface area contributed by atoms with Crippen LogP contribution in [0.15, 0.2) is 0 Å². The Morgan fingerprint density at radius 1 is 0.889 bits per heavy atom. The van der Waals surface area contributed by atoms with Gasteiger partial charge in [-0.1, -0.05) is 12.8 Å². The second-order valence-electron chi connectivity index (χ2n) is 3.34. The van der Waals surface area contributed by atoms with Crippen molar-refractivity contribution in [3.63, 3.8) is 0 Å². The van der Waals surface area contributed by atoms with Crippen molar-refractivity contribution in [2.24, 2.45) is 11.8 Å². The highest BCUT2D eigenvalue weighted by molar-refractivity contribution is 7.99. The van der Waals surface area contributed by atoms with E-state index < -0.39 is 0 Å². The molecule has 1 heteroatoms. The molecule has 9 heavy (non-hydrogen) atoms. The van der Waals surface area contributed by atoms with Gasteiger partial charge in [-0.2, -0.15) is 11.8 Å². The molecule has 1 heterocycles. The van der Waals surface area contributed by atoms with Crippen molar-refractivity contribution < 1.29 is 0 Å². The minimum absolute atomic E-state index is 1.13. The molecule has 1 saturated heterocycles. The van der Waals surface area contributed by atoms with Crippen molar-refractivity contribution in [2.75, 3.05) is 11.5 Å². The summed E-state index contributed by atoms with van der Waals surface area (Å²) in [6, 6.07) is 0. The summed E-state index contributed by atoms with van der Waals surface area (Å²) in [5.41, 5.74) is 0. The summed E-state index contributed by atoms with van der Waals surface area (Å²) in [5.74, 6) is 5.21. The summed E-state index contributed by atoms with van der Waals surface area (Å²) in [6.45, 7) is 0. The first-order valence-electron chi connectivity index (χ1n) is 4.04. The number of hydrogen-bond donors (Lipinski definition) is 0. The molecule has 2 atom stereocenters. The molecule has 0 N–H and O–H groups in total. The van der Waals surface area contributed by atoms with Gasteiger partial charge in [-0.25, -0.2) is 0 Å². The van der Waals surface area contributed by atoms with Gasteiger partial charge in [0.2, 0.25) is 0 Å². The lowest BCUT2D eigenvalue weighted by molar-refractivity contribution is 0.299. The van der Waals surface area contributed by atoms with Crippen molar-refractivity contribution in [1.29, 1.82) is 0 Å². The van der Waals surface area contributed by atoms with Gasteiger partial charge in [-0.3, -0.25) is 0 Å². The Morgan fingerprint density at radius 3 is 2.00 bits per heavy atom. The molecule has 1 aliphatic heterocycles. The van der Waals surface area contributed by atoms with Gasteiger partial charge in [0.05, 0.1) is 0 Å². The predicted molar refractivity (Wildman–Crippen MR) is 42.8 cm³/mol. The first-order chi connectivity index (χ1) is 4.47. The van der Waals surface area contributed by atoms with Gasteiger partial charge in [0, 0.05) is 0 Å². The molecule has 1 saturated carbocycles. The van der Waals surface area contributed by atoms with Gasteiger partial charge in [-0.15, -0.1) is 0 Å². The molecule has 1 aliphatic carbocycles. The largest absolute Gasteiger partial charge is 0.161 e. The lowest BCUT2D eigenvalue weighted by Crippen LogP contribution is -2.16. The average Bonchev–Trinajstić information content (AvgIpc) is 2.33. The molecular weight excluding hydrogens is 128 g/mol. The topological polar surface area (TPSA) is 0 Å². The third-order valence-electron chi connectivity index (χ3n) is 2.73. The van der Waals surface area contributed by atoms with Gasteiger partial charge in [0.15, 0.2) is 0 Å². The van der Waals surface area contributed by atoms with E-state index in [4.69, 9.17) is 0 Å². The first-order valence-corrected chi connectivity index (χ1v) is 5.20. The van der Waals surface area contributed by atoms with Crippen LogP contribution in [0.5, 0.6) is 0 Å². The van der Waals surface area contributed by atoms with Gasteiger partial charge < -0.3 is 0 Å². The minimum atomic E-state index is 1.13. The zero-order chi connectivity index (χ0) is 6.10. The van der Waals surface area contributed by atoms with Crippen LogP contribution in [0.4, 0.5) is 0 Å². The third-order valence-corrected chi connectivity index (χ3v) is 4.06. The molecule has 0 aromatic rings. The second-order valence-corrected chi connectivity index (χ2v) is 4.42. The van der Waals surface area contributed by atoms with E-state index in [9.17, 15) is 0 Å². The van der Waals surface area contributed by atoms with E-state index in [-0.39, 0.29) is 0 Å². The quantitative estimate of drug-likeness (QED) is 0.501. The van der Waals surface area contributed by atoms with Gasteiger partial charge in [0.25, 0.3) is 0 Å². The average molecular weight is 142 g/mol. The number of rotatable bonds is 0. The summed E-state index contributed by atoms with van der Waals surface area (Å²) in [6.07, 6.45) is 6.11. The van der Waals surface area contributed by atoms with E-state index in [2.05, 4.69) is 11.8 Å². The molecule has 0 spiro atoms. The van der Waals surface area contributed by atoms with Crippen molar-refractivity contribution in [2.45, 2.75) is 25.7 Å². The maximum atomic E-state index is 2.18. The molecule has 0 nitrogen and oxygen atoms in total. The number of fused-ring (bicyclic) bond motifs is 1. The van der Waals surface area contributed by atoms with Gasteiger partial charge in [-0.05, 0) is 36.2 Å². The highest BCUT2D eigenvalue weighted by atomic mass is 32.2. The van der Waals surface area contributed by atoms with E-state index in [1.807, 2.05) is 0 Å². The Balaban J connectivity index is 1.97. The van der Waals surface area contributed by atoms with Gasteiger partial charge in [0.1, 0.15) is 0 Å². The number of thioether (sulfide) groups is 1. The zero-order valence-corrected chi connectivity index (χ0v) is 6.62. The lowest BCUT2D eigenvalue weighted by atomic mass is 9.82. The van der Waals surface area contributed by atoms with Crippen molar-refractivity contribution >= 4 is 11.8 Å². The van der Waals surface area contributed by atoms with Crippen LogP contribution in [0.25, 0.3) is 0 Å². The molecule has 0 bridgehead atoms. The van der Waals surface area contributed by atoms with Crippen LogP contribution in [-0.4, -0.2) is 11.5 Å². The molecule has 0 unspecified atom stereocenters. The maximum absolute atomic E-state index is 2.18. The summed E-state index contributed by atoms with van der Waals surface area (Å²) in [4.78, 5) is 0. The number of hydrogen-bond acceptors (Lipinski definition) is 1. The SMILES string of the molecule is C1CC[C@@H]2CSC[C@H]2C1. The molecule has 0 amide bonds. The Bertz CT molecular complexity index is 88.7. The molecular formula is C8H14S. The summed E-state index contributed by atoms with van der Waals surface area (Å²) in [5, 5.41) is 0. The highest BCUT2D eigenvalue weighted by Gasteiger charge is 2.29. The Labute approximate surface area is 61.4 Å². The van der Waals surface area contributed by atoms with E-state index in [1.54, 1.807) is 0 Å². The van der Waals surface area contributed by atoms with E-state index in [0.29, 0.717) is 0 Å². The lowest BCUT2D eigenvalue weighted by Gasteiger charge is -2.23. The molecule has 0 aromatic carbocycles. The van der Waals surface area contributed by atoms with Crippen molar-refractivity contribution in [1.82, 2.24) is 0 Å². The Morgan fingerprint density at radius 2 is 1.44 bits per heavy atom. The van der Waals surface area contributed by atoms with E-state index >= 15 is 0 Å². The van der Waals surface area contributed by atoms with E-state index in [0.717, 1.165) is 11.8 Å². The van der Waals surface area contributed by atoms with Crippen LogP contribution in [0.1, 0.15) is 25.7 Å². The Hall–Kier alpha value is 0.350. The third kappa shape index (κ3) is 1.12. The molecule has 2 aliphatic rings. The first kappa shape index (κ1) is 6.09.